The molecule has 6 heteroatoms. The average Bonchev–Trinajstić information content (AvgIpc) is 2.26. The molecule has 0 unspecified atom stereocenters. The second kappa shape index (κ2) is 5.67. The van der Waals surface area contributed by atoms with Crippen LogP contribution in [0.4, 0.5) is 4.79 Å². The molecule has 0 fully saturated rings. The molecule has 0 aliphatic heterocycles. The van der Waals surface area contributed by atoms with E-state index in [0.717, 1.165) is 11.8 Å². The fourth-order valence-electron chi connectivity index (χ4n) is 1.21. The Morgan fingerprint density at radius 1 is 1.29 bits per heavy atom. The van der Waals surface area contributed by atoms with Crippen molar-refractivity contribution < 1.29 is 17.9 Å². The standard InChI is InChI=1S/C11H15NO4S/c1-3-16-11(13)12-8-9-4-6-10(7-5-9)17(2,14)15/h4-7H,3,8H2,1-2H3,(H,12,13). The summed E-state index contributed by atoms with van der Waals surface area (Å²) in [6.07, 6.45) is 0.665. The molecule has 0 bridgehead atoms. The number of hydrogen-bond acceptors (Lipinski definition) is 4. The molecule has 0 saturated heterocycles. The van der Waals surface area contributed by atoms with Crippen LogP contribution in [0.15, 0.2) is 29.2 Å². The Bertz CT molecular complexity index is 479. The van der Waals surface area contributed by atoms with Crippen LogP contribution in [0.5, 0.6) is 0 Å². The van der Waals surface area contributed by atoms with E-state index >= 15 is 0 Å². The van der Waals surface area contributed by atoms with E-state index in [0.29, 0.717) is 13.2 Å². The van der Waals surface area contributed by atoms with E-state index in [-0.39, 0.29) is 4.90 Å². The first kappa shape index (κ1) is 13.5. The lowest BCUT2D eigenvalue weighted by molar-refractivity contribution is 0.151. The minimum atomic E-state index is -3.17. The van der Waals surface area contributed by atoms with Gasteiger partial charge in [-0.15, -0.1) is 0 Å². The number of ether oxygens (including phenoxy) is 1. The van der Waals surface area contributed by atoms with Gasteiger partial charge in [0.2, 0.25) is 0 Å². The third-order valence-electron chi connectivity index (χ3n) is 2.06. The number of rotatable bonds is 4. The molecule has 1 rings (SSSR count). The molecule has 94 valence electrons. The van der Waals surface area contributed by atoms with Gasteiger partial charge >= 0.3 is 6.09 Å². The van der Waals surface area contributed by atoms with Gasteiger partial charge in [-0.25, -0.2) is 13.2 Å². The second-order valence-electron chi connectivity index (χ2n) is 3.49. The SMILES string of the molecule is CCOC(=O)NCc1ccc(S(C)(=O)=O)cc1. The highest BCUT2D eigenvalue weighted by atomic mass is 32.2. The molecule has 17 heavy (non-hydrogen) atoms. The molecular formula is C11H15NO4S. The zero-order valence-electron chi connectivity index (χ0n) is 9.76. The van der Waals surface area contributed by atoms with E-state index in [4.69, 9.17) is 4.74 Å². The van der Waals surface area contributed by atoms with Crippen molar-refractivity contribution in [1.29, 1.82) is 0 Å². The van der Waals surface area contributed by atoms with Crippen LogP contribution >= 0.6 is 0 Å². The van der Waals surface area contributed by atoms with Crippen molar-refractivity contribution in [1.82, 2.24) is 5.32 Å². The molecule has 0 radical (unpaired) electrons. The first-order chi connectivity index (χ1) is 7.93. The third-order valence-corrected chi connectivity index (χ3v) is 3.19. The lowest BCUT2D eigenvalue weighted by atomic mass is 10.2. The van der Waals surface area contributed by atoms with Gasteiger partial charge in [-0.05, 0) is 24.6 Å². The van der Waals surface area contributed by atoms with Crippen molar-refractivity contribution in [2.75, 3.05) is 12.9 Å². The zero-order chi connectivity index (χ0) is 12.9. The molecule has 0 aliphatic rings. The summed E-state index contributed by atoms with van der Waals surface area (Å²) in [6.45, 7) is 2.35. The molecule has 0 heterocycles. The summed E-state index contributed by atoms with van der Waals surface area (Å²) in [4.78, 5) is 11.3. The van der Waals surface area contributed by atoms with Gasteiger partial charge in [-0.1, -0.05) is 12.1 Å². The molecule has 0 aromatic heterocycles. The largest absolute Gasteiger partial charge is 0.450 e. The van der Waals surface area contributed by atoms with Crippen molar-refractivity contribution in [2.45, 2.75) is 18.4 Å². The summed E-state index contributed by atoms with van der Waals surface area (Å²) in [6, 6.07) is 6.33. The Morgan fingerprint density at radius 2 is 1.88 bits per heavy atom. The van der Waals surface area contributed by atoms with E-state index in [1.807, 2.05) is 0 Å². The number of nitrogens with one attached hydrogen (secondary N) is 1. The molecule has 0 atom stereocenters. The van der Waals surface area contributed by atoms with E-state index in [1.165, 1.54) is 12.1 Å². The molecule has 1 aromatic carbocycles. The highest BCUT2D eigenvalue weighted by Gasteiger charge is 2.06. The Labute approximate surface area is 101 Å². The summed E-state index contributed by atoms with van der Waals surface area (Å²) in [5.41, 5.74) is 0.811. The van der Waals surface area contributed by atoms with Crippen molar-refractivity contribution in [3.05, 3.63) is 29.8 Å². The monoisotopic (exact) mass is 257 g/mol. The first-order valence-electron chi connectivity index (χ1n) is 5.13. The Hall–Kier alpha value is -1.56. The number of hydrogen-bond donors (Lipinski definition) is 1. The molecule has 0 saturated carbocycles. The highest BCUT2D eigenvalue weighted by molar-refractivity contribution is 7.90. The maximum atomic E-state index is 11.2. The maximum Gasteiger partial charge on any atom is 0.407 e. The van der Waals surface area contributed by atoms with Crippen LogP contribution in [0.3, 0.4) is 0 Å². The van der Waals surface area contributed by atoms with Gasteiger partial charge < -0.3 is 10.1 Å². The number of carbonyl (C=O) groups is 1. The summed E-state index contributed by atoms with van der Waals surface area (Å²) < 4.78 is 27.1. The van der Waals surface area contributed by atoms with Crippen molar-refractivity contribution in [3.63, 3.8) is 0 Å². The number of carbonyl (C=O) groups excluding carboxylic acids is 1. The topological polar surface area (TPSA) is 72.5 Å². The number of sulfone groups is 1. The Balaban J connectivity index is 2.60. The smallest absolute Gasteiger partial charge is 0.407 e. The van der Waals surface area contributed by atoms with Crippen LogP contribution in [0.2, 0.25) is 0 Å². The predicted molar refractivity (Wildman–Crippen MR) is 63.4 cm³/mol. The fraction of sp³-hybridized carbons (Fsp3) is 0.364. The Morgan fingerprint density at radius 3 is 2.35 bits per heavy atom. The molecule has 1 N–H and O–H groups in total. The molecule has 1 aromatic rings. The van der Waals surface area contributed by atoms with Crippen LogP contribution < -0.4 is 5.32 Å². The normalized spacial score (nSPS) is 10.9. The average molecular weight is 257 g/mol. The summed E-state index contributed by atoms with van der Waals surface area (Å²) >= 11 is 0. The fourth-order valence-corrected chi connectivity index (χ4v) is 1.84. The van der Waals surface area contributed by atoms with Crippen LogP contribution in [-0.2, 0) is 21.1 Å². The molecular weight excluding hydrogens is 242 g/mol. The van der Waals surface area contributed by atoms with E-state index in [1.54, 1.807) is 19.1 Å². The third kappa shape index (κ3) is 4.44. The van der Waals surface area contributed by atoms with Gasteiger partial charge in [0.1, 0.15) is 0 Å². The molecule has 1 amide bonds. The van der Waals surface area contributed by atoms with Crippen LogP contribution in [-0.4, -0.2) is 27.4 Å². The van der Waals surface area contributed by atoms with Gasteiger partial charge in [0.25, 0.3) is 0 Å². The number of alkyl carbamates (subject to hydrolysis) is 1. The Kier molecular flexibility index (Phi) is 4.51. The van der Waals surface area contributed by atoms with Gasteiger partial charge in [0, 0.05) is 12.8 Å². The number of amides is 1. The van der Waals surface area contributed by atoms with Crippen LogP contribution in [0.25, 0.3) is 0 Å². The van der Waals surface area contributed by atoms with Gasteiger partial charge in [0.05, 0.1) is 11.5 Å². The molecule has 5 nitrogen and oxygen atoms in total. The minimum absolute atomic E-state index is 0.261. The lowest BCUT2D eigenvalue weighted by Gasteiger charge is -2.05. The van der Waals surface area contributed by atoms with Crippen LogP contribution in [0.1, 0.15) is 12.5 Å². The van der Waals surface area contributed by atoms with Gasteiger partial charge in [-0.3, -0.25) is 0 Å². The molecule has 0 aliphatic carbocycles. The van der Waals surface area contributed by atoms with Crippen molar-refractivity contribution in [2.24, 2.45) is 0 Å². The van der Waals surface area contributed by atoms with Crippen LogP contribution in [0, 0.1) is 0 Å². The van der Waals surface area contributed by atoms with E-state index in [9.17, 15) is 13.2 Å². The summed E-state index contributed by atoms with van der Waals surface area (Å²) in [7, 11) is -3.17. The van der Waals surface area contributed by atoms with Crippen molar-refractivity contribution >= 4 is 15.9 Å². The quantitative estimate of drug-likeness (QED) is 0.883. The maximum absolute atomic E-state index is 11.2. The first-order valence-corrected chi connectivity index (χ1v) is 7.02. The highest BCUT2D eigenvalue weighted by Crippen LogP contribution is 2.10. The minimum Gasteiger partial charge on any atom is -0.450 e. The van der Waals surface area contributed by atoms with Gasteiger partial charge in [-0.2, -0.15) is 0 Å². The lowest BCUT2D eigenvalue weighted by Crippen LogP contribution is -2.23. The second-order valence-corrected chi connectivity index (χ2v) is 5.51. The number of benzene rings is 1. The molecule has 0 spiro atoms. The van der Waals surface area contributed by atoms with Crippen molar-refractivity contribution in [3.8, 4) is 0 Å². The van der Waals surface area contributed by atoms with E-state index in [2.05, 4.69) is 5.32 Å². The predicted octanol–water partition coefficient (Wildman–Crippen LogP) is 1.34. The summed E-state index contributed by atoms with van der Waals surface area (Å²) in [5, 5.41) is 2.55. The van der Waals surface area contributed by atoms with Gasteiger partial charge in [0.15, 0.2) is 9.84 Å². The van der Waals surface area contributed by atoms with E-state index < -0.39 is 15.9 Å². The zero-order valence-corrected chi connectivity index (χ0v) is 10.6. The summed E-state index contributed by atoms with van der Waals surface area (Å²) in [5.74, 6) is 0.